The fourth-order valence-corrected chi connectivity index (χ4v) is 4.37. The van der Waals surface area contributed by atoms with E-state index < -0.39 is 0 Å². The summed E-state index contributed by atoms with van der Waals surface area (Å²) >= 11 is 0. The van der Waals surface area contributed by atoms with Crippen LogP contribution < -0.4 is 4.57 Å². The Morgan fingerprint density at radius 3 is 2.31 bits per heavy atom. The lowest BCUT2D eigenvalue weighted by Gasteiger charge is -2.17. The van der Waals surface area contributed by atoms with Gasteiger partial charge in [0.2, 0.25) is 5.69 Å². The zero-order valence-corrected chi connectivity index (χ0v) is 18.7. The smallest absolute Gasteiger partial charge is 0.220 e. The van der Waals surface area contributed by atoms with Gasteiger partial charge in [0.05, 0.1) is 16.5 Å². The molecule has 29 heavy (non-hydrogen) atoms. The number of rotatable bonds is 2. The topological polar surface area (TPSA) is 16.8 Å². The first-order valence-corrected chi connectivity index (χ1v) is 10.4. The first-order chi connectivity index (χ1) is 13.6. The fourth-order valence-electron chi connectivity index (χ4n) is 4.37. The molecule has 0 unspecified atom stereocenters. The Morgan fingerprint density at radius 1 is 0.862 bits per heavy atom. The Hall–Kier alpha value is -2.74. The molecule has 0 spiro atoms. The second-order valence-electron chi connectivity index (χ2n) is 9.66. The zero-order chi connectivity index (χ0) is 20.9. The van der Waals surface area contributed by atoms with E-state index in [1.807, 2.05) is 0 Å². The van der Waals surface area contributed by atoms with Crippen molar-refractivity contribution in [2.24, 2.45) is 12.5 Å². The molecule has 2 nitrogen and oxygen atoms in total. The van der Waals surface area contributed by atoms with Crippen LogP contribution in [0.1, 0.15) is 43.2 Å². The number of hydrogen-bond acceptors (Lipinski definition) is 1. The Morgan fingerprint density at radius 2 is 1.59 bits per heavy atom. The van der Waals surface area contributed by atoms with Gasteiger partial charge in [-0.15, -0.1) is 0 Å². The van der Waals surface area contributed by atoms with Crippen LogP contribution in [0.5, 0.6) is 0 Å². The minimum atomic E-state index is 0.235. The molecule has 2 aromatic heterocycles. The average molecular weight is 384 g/mol. The lowest BCUT2D eigenvalue weighted by Crippen LogP contribution is -2.30. The van der Waals surface area contributed by atoms with Crippen LogP contribution >= 0.6 is 0 Å². The minimum absolute atomic E-state index is 0.235. The van der Waals surface area contributed by atoms with Crippen LogP contribution in [0.3, 0.4) is 0 Å². The van der Waals surface area contributed by atoms with Gasteiger partial charge in [0, 0.05) is 22.5 Å². The molecule has 0 amide bonds. The highest BCUT2D eigenvalue weighted by molar-refractivity contribution is 6.09. The third kappa shape index (κ3) is 3.64. The van der Waals surface area contributed by atoms with Gasteiger partial charge >= 0.3 is 0 Å². The summed E-state index contributed by atoms with van der Waals surface area (Å²) in [7, 11) is 2.14. The number of aromatic nitrogens is 2. The number of nitrogens with zero attached hydrogens (tertiary/aromatic N) is 2. The Bertz CT molecular complexity index is 1240. The average Bonchev–Trinajstić information content (AvgIpc) is 2.63. The predicted molar refractivity (Wildman–Crippen MR) is 123 cm³/mol. The first kappa shape index (κ1) is 19.6. The molecule has 2 heteroatoms. The molecule has 0 bridgehead atoms. The molecule has 148 valence electrons. The lowest BCUT2D eigenvalue weighted by atomic mass is 9.90. The van der Waals surface area contributed by atoms with Gasteiger partial charge < -0.3 is 0 Å². The minimum Gasteiger partial charge on any atom is -0.253 e. The molecule has 2 heterocycles. The van der Waals surface area contributed by atoms with E-state index in [4.69, 9.17) is 4.98 Å². The molecule has 0 aliphatic rings. The maximum Gasteiger partial charge on any atom is 0.220 e. The molecule has 0 radical (unpaired) electrons. The SMILES string of the molecule is Cc1cc(C)c(C)c(-c2c3ccc4nc(CC(C)(C)C)ccc4c3cc[n+]2C)c1. The van der Waals surface area contributed by atoms with Gasteiger partial charge in [-0.1, -0.05) is 38.5 Å². The summed E-state index contributed by atoms with van der Waals surface area (Å²) in [4.78, 5) is 4.97. The molecule has 0 N–H and O–H groups in total. The van der Waals surface area contributed by atoms with Crippen molar-refractivity contribution in [2.75, 3.05) is 0 Å². The maximum atomic E-state index is 4.97. The van der Waals surface area contributed by atoms with Crippen molar-refractivity contribution in [1.82, 2.24) is 4.98 Å². The van der Waals surface area contributed by atoms with Crippen molar-refractivity contribution in [3.63, 3.8) is 0 Å². The van der Waals surface area contributed by atoms with Gasteiger partial charge in [0.15, 0.2) is 6.20 Å². The lowest BCUT2D eigenvalue weighted by molar-refractivity contribution is -0.659. The molecule has 0 saturated carbocycles. The third-order valence-corrected chi connectivity index (χ3v) is 5.82. The van der Waals surface area contributed by atoms with Crippen LogP contribution in [0.15, 0.2) is 48.7 Å². The van der Waals surface area contributed by atoms with Crippen LogP contribution in [-0.4, -0.2) is 4.98 Å². The molecule has 0 aliphatic heterocycles. The number of aryl methyl sites for hydroxylation is 3. The van der Waals surface area contributed by atoms with Crippen molar-refractivity contribution in [1.29, 1.82) is 0 Å². The van der Waals surface area contributed by atoms with Crippen molar-refractivity contribution < 1.29 is 4.57 Å². The van der Waals surface area contributed by atoms with Gasteiger partial charge in [-0.2, -0.15) is 0 Å². The van der Waals surface area contributed by atoms with E-state index in [1.54, 1.807) is 0 Å². The molecule has 0 saturated heterocycles. The second kappa shape index (κ2) is 6.95. The van der Waals surface area contributed by atoms with E-state index in [1.165, 1.54) is 44.1 Å². The third-order valence-electron chi connectivity index (χ3n) is 5.82. The molecule has 2 aromatic carbocycles. The van der Waals surface area contributed by atoms with Crippen LogP contribution in [-0.2, 0) is 13.5 Å². The van der Waals surface area contributed by atoms with Crippen molar-refractivity contribution in [3.05, 3.63) is 71.0 Å². The van der Waals surface area contributed by atoms with Gasteiger partial charge in [0.1, 0.15) is 7.05 Å². The van der Waals surface area contributed by atoms with E-state index in [-0.39, 0.29) is 5.41 Å². The summed E-state index contributed by atoms with van der Waals surface area (Å²) in [5.74, 6) is 0. The summed E-state index contributed by atoms with van der Waals surface area (Å²) in [5.41, 5.74) is 9.05. The number of fused-ring (bicyclic) bond motifs is 3. The normalized spacial score (nSPS) is 12.1. The summed E-state index contributed by atoms with van der Waals surface area (Å²) in [5, 5.41) is 3.77. The van der Waals surface area contributed by atoms with Crippen LogP contribution in [0.4, 0.5) is 0 Å². The molecule has 0 aliphatic carbocycles. The fraction of sp³-hybridized carbons (Fsp3) is 0.333. The van der Waals surface area contributed by atoms with Crippen molar-refractivity contribution >= 4 is 21.7 Å². The highest BCUT2D eigenvalue weighted by atomic mass is 14.9. The highest BCUT2D eigenvalue weighted by Crippen LogP contribution is 2.33. The zero-order valence-electron chi connectivity index (χ0n) is 18.7. The van der Waals surface area contributed by atoms with Gasteiger partial charge in [-0.05, 0) is 68.0 Å². The summed E-state index contributed by atoms with van der Waals surface area (Å²) in [6, 6.07) is 15.7. The molecule has 4 aromatic rings. The van der Waals surface area contributed by atoms with Crippen LogP contribution in [0, 0.1) is 26.2 Å². The van der Waals surface area contributed by atoms with Crippen LogP contribution in [0.2, 0.25) is 0 Å². The summed E-state index contributed by atoms with van der Waals surface area (Å²) in [6.45, 7) is 13.4. The highest BCUT2D eigenvalue weighted by Gasteiger charge is 2.20. The largest absolute Gasteiger partial charge is 0.253 e. The van der Waals surface area contributed by atoms with Gasteiger partial charge in [-0.3, -0.25) is 4.98 Å². The molecular weight excluding hydrogens is 352 g/mol. The maximum absolute atomic E-state index is 4.97. The van der Waals surface area contributed by atoms with Gasteiger partial charge in [-0.25, -0.2) is 4.57 Å². The van der Waals surface area contributed by atoms with Crippen molar-refractivity contribution in [2.45, 2.75) is 48.0 Å². The standard InChI is InChI=1S/C27H31N2/c1-17-14-18(2)19(3)24(15-17)26-23-10-11-25-22(21(23)12-13-29(26)7)9-8-20(28-25)16-27(4,5)6/h8-15H,16H2,1-7H3/q+1. The van der Waals surface area contributed by atoms with Crippen LogP contribution in [0.25, 0.3) is 32.9 Å². The van der Waals surface area contributed by atoms with E-state index in [0.717, 1.165) is 17.6 Å². The summed E-state index contributed by atoms with van der Waals surface area (Å²) < 4.78 is 2.25. The van der Waals surface area contributed by atoms with Crippen molar-refractivity contribution in [3.8, 4) is 11.3 Å². The second-order valence-corrected chi connectivity index (χ2v) is 9.66. The van der Waals surface area contributed by atoms with E-state index in [0.29, 0.717) is 0 Å². The Kier molecular flexibility index (Phi) is 4.69. The predicted octanol–water partition coefficient (Wildman–Crippen LogP) is 6.39. The number of pyridine rings is 2. The quantitative estimate of drug-likeness (QED) is 0.289. The Balaban J connectivity index is 1.98. The van der Waals surface area contributed by atoms with E-state index in [2.05, 4.69) is 102 Å². The van der Waals surface area contributed by atoms with E-state index >= 15 is 0 Å². The number of hydrogen-bond donors (Lipinski definition) is 0. The monoisotopic (exact) mass is 383 g/mol. The van der Waals surface area contributed by atoms with E-state index in [9.17, 15) is 0 Å². The molecule has 0 fully saturated rings. The molecule has 0 atom stereocenters. The number of benzene rings is 2. The molecular formula is C27H31N2+. The van der Waals surface area contributed by atoms with Gasteiger partial charge in [0.25, 0.3) is 0 Å². The Labute approximate surface area is 174 Å². The first-order valence-electron chi connectivity index (χ1n) is 10.4. The molecule has 4 rings (SSSR count). The summed E-state index contributed by atoms with van der Waals surface area (Å²) in [6.07, 6.45) is 3.16.